The molecule has 106 valence electrons. The van der Waals surface area contributed by atoms with Gasteiger partial charge in [-0.25, -0.2) is 4.98 Å². The lowest BCUT2D eigenvalue weighted by Crippen LogP contribution is -2.38. The molecule has 0 unspecified atom stereocenters. The van der Waals surface area contributed by atoms with Crippen molar-refractivity contribution in [2.75, 3.05) is 0 Å². The third kappa shape index (κ3) is 2.56. The summed E-state index contributed by atoms with van der Waals surface area (Å²) >= 11 is 5.98. The minimum Gasteiger partial charge on any atom is -0.435 e. The number of carbonyl (C=O) groups is 1. The predicted molar refractivity (Wildman–Crippen MR) is 76.9 cm³/mol. The van der Waals surface area contributed by atoms with Crippen LogP contribution in [0, 0.1) is 11.3 Å². The number of nitrogens with zero attached hydrogens (tertiary/aromatic N) is 2. The second kappa shape index (κ2) is 4.79. The Bertz CT molecular complexity index is 799. The molecule has 1 heterocycles. The SMILES string of the molecule is N#CC1(NC(=O)/C(N)=C/c2nc3cccc(Cl)c3o2)CC1. The van der Waals surface area contributed by atoms with Gasteiger partial charge >= 0.3 is 0 Å². The van der Waals surface area contributed by atoms with Crippen LogP contribution in [-0.2, 0) is 4.79 Å². The lowest BCUT2D eigenvalue weighted by atomic mass is 10.3. The Balaban J connectivity index is 1.84. The molecule has 3 N–H and O–H groups in total. The fraction of sp³-hybridized carbons (Fsp3) is 0.214. The van der Waals surface area contributed by atoms with Gasteiger partial charge in [-0.15, -0.1) is 0 Å². The van der Waals surface area contributed by atoms with E-state index in [-0.39, 0.29) is 11.6 Å². The van der Waals surface area contributed by atoms with Crippen LogP contribution < -0.4 is 11.1 Å². The van der Waals surface area contributed by atoms with Crippen molar-refractivity contribution in [2.24, 2.45) is 5.73 Å². The summed E-state index contributed by atoms with van der Waals surface area (Å²) in [5.41, 5.74) is 5.89. The molecule has 1 fully saturated rings. The number of hydrogen-bond acceptors (Lipinski definition) is 5. The largest absolute Gasteiger partial charge is 0.435 e. The number of amides is 1. The molecule has 0 aliphatic heterocycles. The Morgan fingerprint density at radius 2 is 2.33 bits per heavy atom. The molecule has 1 aliphatic rings. The van der Waals surface area contributed by atoms with Crippen LogP contribution >= 0.6 is 11.6 Å². The number of fused-ring (bicyclic) bond motifs is 1. The van der Waals surface area contributed by atoms with Crippen molar-refractivity contribution >= 4 is 34.7 Å². The first-order valence-electron chi connectivity index (χ1n) is 6.29. The Morgan fingerprint density at radius 1 is 1.57 bits per heavy atom. The fourth-order valence-electron chi connectivity index (χ4n) is 1.87. The summed E-state index contributed by atoms with van der Waals surface area (Å²) in [7, 11) is 0. The number of aromatic nitrogens is 1. The van der Waals surface area contributed by atoms with Gasteiger partial charge in [-0.05, 0) is 25.0 Å². The highest BCUT2D eigenvalue weighted by molar-refractivity contribution is 6.34. The van der Waals surface area contributed by atoms with Crippen molar-refractivity contribution in [2.45, 2.75) is 18.4 Å². The molecule has 3 rings (SSSR count). The summed E-state index contributed by atoms with van der Waals surface area (Å²) < 4.78 is 5.45. The number of rotatable bonds is 3. The van der Waals surface area contributed by atoms with Crippen molar-refractivity contribution in [1.29, 1.82) is 5.26 Å². The Morgan fingerprint density at radius 3 is 2.95 bits per heavy atom. The Labute approximate surface area is 125 Å². The van der Waals surface area contributed by atoms with Crippen molar-refractivity contribution in [1.82, 2.24) is 10.3 Å². The lowest BCUT2D eigenvalue weighted by Gasteiger charge is -2.08. The molecular formula is C14H11ClN4O2. The number of nitrogens with two attached hydrogens (primary N) is 1. The van der Waals surface area contributed by atoms with E-state index in [0.717, 1.165) is 0 Å². The average Bonchev–Trinajstić information content (AvgIpc) is 3.10. The summed E-state index contributed by atoms with van der Waals surface area (Å²) in [5, 5.41) is 12.0. The minimum absolute atomic E-state index is 0.0702. The number of para-hydroxylation sites is 1. The highest BCUT2D eigenvalue weighted by Gasteiger charge is 2.44. The van der Waals surface area contributed by atoms with Gasteiger partial charge < -0.3 is 15.5 Å². The first-order chi connectivity index (χ1) is 10.0. The van der Waals surface area contributed by atoms with Gasteiger partial charge in [0.05, 0.1) is 11.1 Å². The van der Waals surface area contributed by atoms with E-state index in [1.54, 1.807) is 18.2 Å². The molecule has 21 heavy (non-hydrogen) atoms. The van der Waals surface area contributed by atoms with E-state index in [2.05, 4.69) is 16.4 Å². The normalized spacial score (nSPS) is 16.5. The summed E-state index contributed by atoms with van der Waals surface area (Å²) in [6.07, 6.45) is 2.60. The first-order valence-corrected chi connectivity index (χ1v) is 6.67. The Hall–Kier alpha value is -2.52. The summed E-state index contributed by atoms with van der Waals surface area (Å²) in [6.45, 7) is 0. The van der Waals surface area contributed by atoms with Crippen LogP contribution in [0.25, 0.3) is 17.2 Å². The van der Waals surface area contributed by atoms with E-state index in [0.29, 0.717) is 29.0 Å². The van der Waals surface area contributed by atoms with Crippen LogP contribution in [0.15, 0.2) is 28.3 Å². The van der Waals surface area contributed by atoms with E-state index in [1.807, 2.05) is 0 Å². The van der Waals surface area contributed by atoms with Crippen molar-refractivity contribution < 1.29 is 9.21 Å². The van der Waals surface area contributed by atoms with Crippen molar-refractivity contribution in [3.8, 4) is 6.07 Å². The monoisotopic (exact) mass is 302 g/mol. The van der Waals surface area contributed by atoms with E-state index >= 15 is 0 Å². The topological polar surface area (TPSA) is 105 Å². The van der Waals surface area contributed by atoms with Crippen molar-refractivity contribution in [3.63, 3.8) is 0 Å². The second-order valence-electron chi connectivity index (χ2n) is 4.89. The molecule has 6 nitrogen and oxygen atoms in total. The lowest BCUT2D eigenvalue weighted by molar-refractivity contribution is -0.118. The molecule has 1 saturated carbocycles. The number of benzene rings is 1. The second-order valence-corrected chi connectivity index (χ2v) is 5.30. The third-order valence-electron chi connectivity index (χ3n) is 3.24. The van der Waals surface area contributed by atoms with Gasteiger partial charge in [-0.3, -0.25) is 4.79 Å². The number of nitriles is 1. The van der Waals surface area contributed by atoms with Gasteiger partial charge in [-0.2, -0.15) is 5.26 Å². The van der Waals surface area contributed by atoms with Gasteiger partial charge in [0.1, 0.15) is 16.8 Å². The van der Waals surface area contributed by atoms with Gasteiger partial charge in [0, 0.05) is 6.08 Å². The molecule has 2 aromatic rings. The molecule has 1 aromatic heterocycles. The van der Waals surface area contributed by atoms with Gasteiger partial charge in [0.25, 0.3) is 5.91 Å². The number of carbonyl (C=O) groups excluding carboxylic acids is 1. The third-order valence-corrected chi connectivity index (χ3v) is 3.54. The number of nitrogens with one attached hydrogen (secondary N) is 1. The minimum atomic E-state index is -0.764. The van der Waals surface area contributed by atoms with Crippen LogP contribution in [-0.4, -0.2) is 16.4 Å². The van der Waals surface area contributed by atoms with Crippen LogP contribution in [0.4, 0.5) is 0 Å². The molecule has 1 aromatic carbocycles. The molecule has 0 spiro atoms. The van der Waals surface area contributed by atoms with E-state index in [1.165, 1.54) is 6.08 Å². The number of hydrogen-bond donors (Lipinski definition) is 2. The van der Waals surface area contributed by atoms with Crippen LogP contribution in [0.5, 0.6) is 0 Å². The molecular weight excluding hydrogens is 292 g/mol. The maximum atomic E-state index is 11.9. The quantitative estimate of drug-likeness (QED) is 0.843. The maximum Gasteiger partial charge on any atom is 0.268 e. The molecule has 1 amide bonds. The molecule has 7 heteroatoms. The van der Waals surface area contributed by atoms with Crippen LogP contribution in [0.3, 0.4) is 0 Å². The highest BCUT2D eigenvalue weighted by Crippen LogP contribution is 2.34. The smallest absolute Gasteiger partial charge is 0.268 e. The summed E-state index contributed by atoms with van der Waals surface area (Å²) in [6, 6.07) is 7.24. The number of oxazole rings is 1. The first kappa shape index (κ1) is 13.5. The van der Waals surface area contributed by atoms with Crippen LogP contribution in [0.1, 0.15) is 18.7 Å². The standard InChI is InChI=1S/C14H11ClN4O2/c15-8-2-1-3-10-12(8)21-11(18-10)6-9(17)13(20)19-14(7-16)4-5-14/h1-3,6H,4-5,17H2,(H,19,20)/b9-6-. The number of halogens is 1. The van der Waals surface area contributed by atoms with Crippen LogP contribution in [0.2, 0.25) is 5.02 Å². The van der Waals surface area contributed by atoms with E-state index < -0.39 is 11.4 Å². The molecule has 0 saturated heterocycles. The zero-order valence-electron chi connectivity index (χ0n) is 10.9. The summed E-state index contributed by atoms with van der Waals surface area (Å²) in [5.74, 6) is -0.324. The van der Waals surface area contributed by atoms with Gasteiger partial charge in [0.2, 0.25) is 5.89 Å². The maximum absolute atomic E-state index is 11.9. The summed E-state index contributed by atoms with van der Waals surface area (Å²) in [4.78, 5) is 16.1. The zero-order chi connectivity index (χ0) is 15.0. The van der Waals surface area contributed by atoms with Gasteiger partial charge in [0.15, 0.2) is 5.58 Å². The van der Waals surface area contributed by atoms with E-state index in [9.17, 15) is 4.79 Å². The predicted octanol–water partition coefficient (Wildman–Crippen LogP) is 1.95. The zero-order valence-corrected chi connectivity index (χ0v) is 11.6. The highest BCUT2D eigenvalue weighted by atomic mass is 35.5. The average molecular weight is 303 g/mol. The Kier molecular flexibility index (Phi) is 3.07. The fourth-order valence-corrected chi connectivity index (χ4v) is 2.08. The van der Waals surface area contributed by atoms with Gasteiger partial charge in [-0.1, -0.05) is 17.7 Å². The molecule has 1 aliphatic carbocycles. The van der Waals surface area contributed by atoms with E-state index in [4.69, 9.17) is 27.0 Å². The molecule has 0 atom stereocenters. The van der Waals surface area contributed by atoms with Crippen molar-refractivity contribution in [3.05, 3.63) is 34.8 Å². The molecule has 0 radical (unpaired) electrons. The molecule has 0 bridgehead atoms.